The normalized spacial score (nSPS) is 12.3. The highest BCUT2D eigenvalue weighted by molar-refractivity contribution is 7.98. The van der Waals surface area contributed by atoms with Crippen LogP contribution in [0.1, 0.15) is 16.8 Å². The van der Waals surface area contributed by atoms with Gasteiger partial charge in [0.05, 0.1) is 18.5 Å². The lowest BCUT2D eigenvalue weighted by Crippen LogP contribution is -2.35. The molecule has 0 spiro atoms. The molecule has 0 aliphatic carbocycles. The number of carbonyl (C=O) groups excluding carboxylic acids is 2. The molecule has 148 valence electrons. The summed E-state index contributed by atoms with van der Waals surface area (Å²) in [6.45, 7) is 0.228. The van der Waals surface area contributed by atoms with Crippen LogP contribution in [0.25, 0.3) is 5.69 Å². The topological polar surface area (TPSA) is 98.1 Å². The van der Waals surface area contributed by atoms with E-state index >= 15 is 0 Å². The van der Waals surface area contributed by atoms with Gasteiger partial charge in [0.2, 0.25) is 0 Å². The summed E-state index contributed by atoms with van der Waals surface area (Å²) in [6.07, 6.45) is 3.29. The third kappa shape index (κ3) is 4.09. The van der Waals surface area contributed by atoms with Crippen LogP contribution in [0.4, 0.5) is 5.82 Å². The predicted molar refractivity (Wildman–Crippen MR) is 110 cm³/mol. The molecule has 3 aromatic rings. The Morgan fingerprint density at radius 3 is 2.72 bits per heavy atom. The first-order chi connectivity index (χ1) is 14.2. The smallest absolute Gasteiger partial charge is 0.314 e. The molecule has 0 atom stereocenters. The number of pyridine rings is 1. The Balaban J connectivity index is 1.52. The van der Waals surface area contributed by atoms with E-state index in [0.717, 1.165) is 39.8 Å². The molecule has 1 aliphatic rings. The van der Waals surface area contributed by atoms with E-state index in [-0.39, 0.29) is 6.54 Å². The molecule has 2 aromatic heterocycles. The van der Waals surface area contributed by atoms with E-state index in [1.807, 2.05) is 30.3 Å². The van der Waals surface area contributed by atoms with E-state index in [2.05, 4.69) is 20.7 Å². The average Bonchev–Trinajstić information content (AvgIpc) is 3.35. The summed E-state index contributed by atoms with van der Waals surface area (Å²) in [4.78, 5) is 28.8. The molecular formula is C20H19N5O3S. The largest absolute Gasteiger partial charge is 0.497 e. The number of ether oxygens (including phenoxy) is 1. The van der Waals surface area contributed by atoms with Gasteiger partial charge in [-0.1, -0.05) is 6.07 Å². The van der Waals surface area contributed by atoms with Gasteiger partial charge in [0.1, 0.15) is 11.6 Å². The Morgan fingerprint density at radius 1 is 1.17 bits per heavy atom. The molecule has 9 heteroatoms. The van der Waals surface area contributed by atoms with Gasteiger partial charge in [-0.15, -0.1) is 0 Å². The fraction of sp³-hybridized carbons (Fsp3) is 0.200. The van der Waals surface area contributed by atoms with Crippen LogP contribution in [-0.4, -0.2) is 33.7 Å². The number of nitrogens with one attached hydrogen (secondary N) is 2. The van der Waals surface area contributed by atoms with Crippen LogP contribution in [0.5, 0.6) is 5.75 Å². The first kappa shape index (κ1) is 19.0. The van der Waals surface area contributed by atoms with Crippen LogP contribution in [0.3, 0.4) is 0 Å². The minimum atomic E-state index is -0.733. The Morgan fingerprint density at radius 2 is 2.00 bits per heavy atom. The first-order valence-electron chi connectivity index (χ1n) is 8.96. The fourth-order valence-corrected chi connectivity index (χ4v) is 4.02. The molecule has 0 radical (unpaired) electrons. The van der Waals surface area contributed by atoms with Crippen molar-refractivity contribution in [2.45, 2.75) is 18.1 Å². The number of anilines is 1. The van der Waals surface area contributed by atoms with Crippen molar-refractivity contribution in [1.82, 2.24) is 20.1 Å². The number of amides is 2. The van der Waals surface area contributed by atoms with Crippen molar-refractivity contribution in [3.63, 3.8) is 0 Å². The number of methoxy groups -OCH3 is 1. The van der Waals surface area contributed by atoms with Crippen LogP contribution in [0, 0.1) is 0 Å². The first-order valence-corrected chi connectivity index (χ1v) is 10.1. The SMILES string of the molecule is COc1ccc(-n2nc3c(c2NC(=O)C(=O)NCc2cccnc2)CSC3)cc1. The lowest BCUT2D eigenvalue weighted by Gasteiger charge is -2.11. The number of fused-ring (bicyclic) bond motifs is 1. The van der Waals surface area contributed by atoms with Crippen molar-refractivity contribution in [3.8, 4) is 11.4 Å². The maximum atomic E-state index is 12.5. The number of rotatable bonds is 5. The molecule has 2 amide bonds. The summed E-state index contributed by atoms with van der Waals surface area (Å²) in [5.41, 5.74) is 3.45. The second-order valence-corrected chi connectivity index (χ2v) is 7.36. The average molecular weight is 409 g/mol. The Hall–Kier alpha value is -3.33. The zero-order chi connectivity index (χ0) is 20.2. The summed E-state index contributed by atoms with van der Waals surface area (Å²) in [5, 5.41) is 9.98. The maximum absolute atomic E-state index is 12.5. The van der Waals surface area contributed by atoms with E-state index in [1.54, 1.807) is 42.0 Å². The third-order valence-electron chi connectivity index (χ3n) is 4.48. The number of thioether (sulfide) groups is 1. The van der Waals surface area contributed by atoms with Gasteiger partial charge in [0, 0.05) is 36.0 Å². The second-order valence-electron chi connectivity index (χ2n) is 6.37. The van der Waals surface area contributed by atoms with Crippen LogP contribution >= 0.6 is 11.8 Å². The highest BCUT2D eigenvalue weighted by atomic mass is 32.2. The number of nitrogens with zero attached hydrogens (tertiary/aromatic N) is 3. The predicted octanol–water partition coefficient (Wildman–Crippen LogP) is 2.28. The van der Waals surface area contributed by atoms with Crippen molar-refractivity contribution in [2.75, 3.05) is 12.4 Å². The number of aromatic nitrogens is 3. The molecule has 0 bridgehead atoms. The highest BCUT2D eigenvalue weighted by Gasteiger charge is 2.26. The molecule has 0 unspecified atom stereocenters. The lowest BCUT2D eigenvalue weighted by molar-refractivity contribution is -0.136. The van der Waals surface area contributed by atoms with E-state index < -0.39 is 11.8 Å². The van der Waals surface area contributed by atoms with Gasteiger partial charge in [-0.3, -0.25) is 14.6 Å². The molecule has 1 aliphatic heterocycles. The van der Waals surface area contributed by atoms with Gasteiger partial charge in [-0.05, 0) is 35.9 Å². The zero-order valence-electron chi connectivity index (χ0n) is 15.7. The van der Waals surface area contributed by atoms with E-state index in [9.17, 15) is 9.59 Å². The molecule has 4 rings (SSSR count). The van der Waals surface area contributed by atoms with Crippen molar-refractivity contribution < 1.29 is 14.3 Å². The summed E-state index contributed by atoms with van der Waals surface area (Å²) in [6, 6.07) is 11.0. The van der Waals surface area contributed by atoms with E-state index in [1.165, 1.54) is 0 Å². The van der Waals surface area contributed by atoms with E-state index in [4.69, 9.17) is 4.74 Å². The molecule has 0 saturated heterocycles. The monoisotopic (exact) mass is 409 g/mol. The summed E-state index contributed by atoms with van der Waals surface area (Å²) >= 11 is 1.72. The number of benzene rings is 1. The Bertz CT molecular complexity index is 1030. The van der Waals surface area contributed by atoms with Crippen LogP contribution in [-0.2, 0) is 27.6 Å². The van der Waals surface area contributed by atoms with Crippen molar-refractivity contribution in [1.29, 1.82) is 0 Å². The standard InChI is InChI=1S/C20H19N5O3S/c1-28-15-6-4-14(5-7-15)25-18(16-11-29-12-17(16)24-25)23-20(27)19(26)22-10-13-3-2-8-21-9-13/h2-9H,10-12H2,1H3,(H,22,26)(H,23,27). The second kappa shape index (κ2) is 8.36. The van der Waals surface area contributed by atoms with Gasteiger partial charge in [0.25, 0.3) is 0 Å². The molecule has 29 heavy (non-hydrogen) atoms. The maximum Gasteiger partial charge on any atom is 0.314 e. The third-order valence-corrected chi connectivity index (χ3v) is 5.45. The number of carbonyl (C=O) groups is 2. The van der Waals surface area contributed by atoms with Crippen LogP contribution in [0.2, 0.25) is 0 Å². The fourth-order valence-electron chi connectivity index (χ4n) is 2.98. The van der Waals surface area contributed by atoms with Crippen molar-refractivity contribution in [3.05, 3.63) is 65.6 Å². The minimum absolute atomic E-state index is 0.228. The molecule has 1 aromatic carbocycles. The summed E-state index contributed by atoms with van der Waals surface area (Å²) < 4.78 is 6.86. The lowest BCUT2D eigenvalue weighted by atomic mass is 10.2. The molecule has 0 saturated carbocycles. The quantitative estimate of drug-likeness (QED) is 0.628. The van der Waals surface area contributed by atoms with E-state index in [0.29, 0.717) is 5.82 Å². The van der Waals surface area contributed by atoms with Crippen molar-refractivity contribution >= 4 is 29.4 Å². The zero-order valence-corrected chi connectivity index (χ0v) is 16.5. The molecular weight excluding hydrogens is 390 g/mol. The molecule has 2 N–H and O–H groups in total. The summed E-state index contributed by atoms with van der Waals surface area (Å²) in [7, 11) is 1.60. The molecule has 0 fully saturated rings. The van der Waals surface area contributed by atoms with Crippen LogP contribution < -0.4 is 15.4 Å². The Kier molecular flexibility index (Phi) is 5.48. The number of hydrogen-bond donors (Lipinski definition) is 2. The van der Waals surface area contributed by atoms with Gasteiger partial charge in [-0.2, -0.15) is 16.9 Å². The minimum Gasteiger partial charge on any atom is -0.497 e. The number of hydrogen-bond acceptors (Lipinski definition) is 6. The Labute approximate surface area is 171 Å². The van der Waals surface area contributed by atoms with Crippen LogP contribution in [0.15, 0.2) is 48.8 Å². The highest BCUT2D eigenvalue weighted by Crippen LogP contribution is 2.36. The van der Waals surface area contributed by atoms with Gasteiger partial charge >= 0.3 is 11.8 Å². The summed E-state index contributed by atoms with van der Waals surface area (Å²) in [5.74, 6) is 1.31. The van der Waals surface area contributed by atoms with Crippen molar-refractivity contribution in [2.24, 2.45) is 0 Å². The van der Waals surface area contributed by atoms with Gasteiger partial charge in [-0.25, -0.2) is 4.68 Å². The molecule has 3 heterocycles. The van der Waals surface area contributed by atoms with Gasteiger partial charge in [0.15, 0.2) is 0 Å². The van der Waals surface area contributed by atoms with Gasteiger partial charge < -0.3 is 15.4 Å². The molecule has 8 nitrogen and oxygen atoms in total.